The van der Waals surface area contributed by atoms with E-state index in [0.29, 0.717) is 22.5 Å². The Labute approximate surface area is 123 Å². The number of rotatable bonds is 4. The van der Waals surface area contributed by atoms with E-state index in [9.17, 15) is 0 Å². The highest BCUT2D eigenvalue weighted by Crippen LogP contribution is 2.41. The highest BCUT2D eigenvalue weighted by molar-refractivity contribution is 6.31. The maximum atomic E-state index is 6.09. The van der Waals surface area contributed by atoms with Crippen LogP contribution in [0.2, 0.25) is 5.02 Å². The third kappa shape index (κ3) is 2.61. The molecule has 0 aliphatic carbocycles. The van der Waals surface area contributed by atoms with Crippen LogP contribution in [0.1, 0.15) is 32.4 Å². The lowest BCUT2D eigenvalue weighted by Gasteiger charge is -2.15. The molecular weight excluding hydrogens is 276 g/mol. The van der Waals surface area contributed by atoms with Crippen molar-refractivity contribution in [2.24, 2.45) is 5.92 Å². The topological polar surface area (TPSA) is 61.3 Å². The smallest absolute Gasteiger partial charge is 0.175 e. The molecule has 0 saturated carbocycles. The van der Waals surface area contributed by atoms with E-state index >= 15 is 0 Å². The van der Waals surface area contributed by atoms with Crippen molar-refractivity contribution in [2.45, 2.75) is 26.7 Å². The van der Waals surface area contributed by atoms with Gasteiger partial charge in [-0.1, -0.05) is 37.5 Å². The Bertz CT molecular complexity index is 608. The molecule has 0 bridgehead atoms. The molecule has 2 N–H and O–H groups in total. The van der Waals surface area contributed by atoms with Gasteiger partial charge in [-0.2, -0.15) is 0 Å². The van der Waals surface area contributed by atoms with E-state index in [4.69, 9.17) is 26.6 Å². The molecule has 2 rings (SSSR count). The van der Waals surface area contributed by atoms with E-state index < -0.39 is 0 Å². The van der Waals surface area contributed by atoms with E-state index in [1.807, 2.05) is 12.1 Å². The molecule has 1 atom stereocenters. The second-order valence-corrected chi connectivity index (χ2v) is 5.62. The first kappa shape index (κ1) is 14.7. The average Bonchev–Trinajstić information content (AvgIpc) is 2.79. The monoisotopic (exact) mass is 294 g/mol. The molecule has 1 heterocycles. The van der Waals surface area contributed by atoms with Crippen molar-refractivity contribution in [1.82, 2.24) is 5.16 Å². The zero-order valence-corrected chi connectivity index (χ0v) is 12.9. The summed E-state index contributed by atoms with van der Waals surface area (Å²) in [6.45, 7) is 6.34. The zero-order chi connectivity index (χ0) is 14.9. The summed E-state index contributed by atoms with van der Waals surface area (Å²) in [6, 6.07) is 5.41. The first-order chi connectivity index (χ1) is 9.45. The first-order valence-corrected chi connectivity index (χ1v) is 6.92. The van der Waals surface area contributed by atoms with E-state index in [2.05, 4.69) is 25.9 Å². The van der Waals surface area contributed by atoms with Crippen molar-refractivity contribution < 1.29 is 9.26 Å². The van der Waals surface area contributed by atoms with E-state index in [0.717, 1.165) is 16.9 Å². The van der Waals surface area contributed by atoms with E-state index in [-0.39, 0.29) is 5.92 Å². The van der Waals surface area contributed by atoms with Crippen LogP contribution in [0.5, 0.6) is 5.75 Å². The van der Waals surface area contributed by atoms with Gasteiger partial charge in [0.25, 0.3) is 0 Å². The second-order valence-electron chi connectivity index (χ2n) is 5.18. The summed E-state index contributed by atoms with van der Waals surface area (Å²) in [5, 5.41) is 4.52. The molecule has 1 aromatic heterocycles. The van der Waals surface area contributed by atoms with Crippen molar-refractivity contribution in [3.63, 3.8) is 0 Å². The minimum Gasteiger partial charge on any atom is -0.496 e. The van der Waals surface area contributed by atoms with Gasteiger partial charge in [0.1, 0.15) is 11.5 Å². The van der Waals surface area contributed by atoms with E-state index in [1.165, 1.54) is 0 Å². The number of anilines is 1. The molecule has 4 nitrogen and oxygen atoms in total. The average molecular weight is 295 g/mol. The molecule has 0 radical (unpaired) electrons. The van der Waals surface area contributed by atoms with Gasteiger partial charge >= 0.3 is 0 Å². The Kier molecular flexibility index (Phi) is 4.23. The van der Waals surface area contributed by atoms with Gasteiger partial charge in [0.15, 0.2) is 5.82 Å². The molecule has 0 saturated heterocycles. The zero-order valence-electron chi connectivity index (χ0n) is 12.1. The van der Waals surface area contributed by atoms with Gasteiger partial charge in [-0.25, -0.2) is 0 Å². The molecule has 0 spiro atoms. The fourth-order valence-corrected chi connectivity index (χ4v) is 2.25. The Balaban J connectivity index is 2.63. The fourth-order valence-electron chi connectivity index (χ4n) is 2.08. The number of nitrogen functional groups attached to an aromatic ring is 1. The molecule has 108 valence electrons. The summed E-state index contributed by atoms with van der Waals surface area (Å²) in [5.41, 5.74) is 7.56. The Morgan fingerprint density at radius 1 is 1.30 bits per heavy atom. The summed E-state index contributed by atoms with van der Waals surface area (Å²) >= 11 is 6.09. The quantitative estimate of drug-likeness (QED) is 0.911. The van der Waals surface area contributed by atoms with Gasteiger partial charge in [-0.15, -0.1) is 0 Å². The van der Waals surface area contributed by atoms with Gasteiger partial charge in [0.2, 0.25) is 0 Å². The van der Waals surface area contributed by atoms with Gasteiger partial charge in [-0.05, 0) is 24.1 Å². The number of halogens is 1. The predicted molar refractivity (Wildman–Crippen MR) is 81.2 cm³/mol. The number of nitrogens with two attached hydrogens (primary N) is 1. The SMILES string of the molecule is COc1ccc(Cl)cc1-c1c(N)noc1C(C)C(C)C. The minimum atomic E-state index is 0.193. The summed E-state index contributed by atoms with van der Waals surface area (Å²) in [5.74, 6) is 2.41. The van der Waals surface area contributed by atoms with Crippen LogP contribution in [0.25, 0.3) is 11.1 Å². The lowest BCUT2D eigenvalue weighted by Crippen LogP contribution is -2.03. The minimum absolute atomic E-state index is 0.193. The van der Waals surface area contributed by atoms with Gasteiger partial charge in [0.05, 0.1) is 12.7 Å². The summed E-state index contributed by atoms with van der Waals surface area (Å²) in [6.07, 6.45) is 0. The van der Waals surface area contributed by atoms with Gasteiger partial charge in [0, 0.05) is 16.5 Å². The number of aromatic nitrogens is 1. The maximum Gasteiger partial charge on any atom is 0.175 e. The van der Waals surface area contributed by atoms with Crippen LogP contribution in [0.3, 0.4) is 0 Å². The van der Waals surface area contributed by atoms with E-state index in [1.54, 1.807) is 13.2 Å². The highest BCUT2D eigenvalue weighted by atomic mass is 35.5. The molecule has 1 aromatic carbocycles. The van der Waals surface area contributed by atoms with Gasteiger partial charge in [-0.3, -0.25) is 0 Å². The molecule has 20 heavy (non-hydrogen) atoms. The molecule has 0 aliphatic heterocycles. The maximum absolute atomic E-state index is 6.09. The number of ether oxygens (including phenoxy) is 1. The van der Waals surface area contributed by atoms with Crippen LogP contribution in [-0.2, 0) is 0 Å². The molecule has 0 fully saturated rings. The lowest BCUT2D eigenvalue weighted by molar-refractivity contribution is 0.341. The Morgan fingerprint density at radius 3 is 2.60 bits per heavy atom. The van der Waals surface area contributed by atoms with Crippen LogP contribution in [0.15, 0.2) is 22.7 Å². The molecular formula is C15H19ClN2O2. The van der Waals surface area contributed by atoms with Crippen molar-refractivity contribution in [3.8, 4) is 16.9 Å². The Morgan fingerprint density at radius 2 is 2.00 bits per heavy atom. The number of nitrogens with zero attached hydrogens (tertiary/aromatic N) is 1. The third-order valence-electron chi connectivity index (χ3n) is 3.59. The molecule has 5 heteroatoms. The van der Waals surface area contributed by atoms with Crippen LogP contribution >= 0.6 is 11.6 Å². The second kappa shape index (κ2) is 5.75. The fraction of sp³-hybridized carbons (Fsp3) is 0.400. The highest BCUT2D eigenvalue weighted by Gasteiger charge is 2.25. The molecule has 0 amide bonds. The van der Waals surface area contributed by atoms with Crippen molar-refractivity contribution >= 4 is 17.4 Å². The largest absolute Gasteiger partial charge is 0.496 e. The molecule has 0 aliphatic rings. The van der Waals surface area contributed by atoms with Crippen LogP contribution in [0, 0.1) is 5.92 Å². The van der Waals surface area contributed by atoms with Crippen LogP contribution in [-0.4, -0.2) is 12.3 Å². The number of hydrogen-bond donors (Lipinski definition) is 1. The Hall–Kier alpha value is -1.68. The predicted octanol–water partition coefficient (Wildman–Crippen LogP) is 4.35. The number of hydrogen-bond acceptors (Lipinski definition) is 4. The number of benzene rings is 1. The van der Waals surface area contributed by atoms with Crippen LogP contribution in [0.4, 0.5) is 5.82 Å². The van der Waals surface area contributed by atoms with Crippen molar-refractivity contribution in [2.75, 3.05) is 12.8 Å². The summed E-state index contributed by atoms with van der Waals surface area (Å²) in [7, 11) is 1.61. The summed E-state index contributed by atoms with van der Waals surface area (Å²) < 4.78 is 10.8. The lowest BCUT2D eigenvalue weighted by atomic mass is 9.90. The van der Waals surface area contributed by atoms with Crippen molar-refractivity contribution in [1.29, 1.82) is 0 Å². The third-order valence-corrected chi connectivity index (χ3v) is 3.82. The summed E-state index contributed by atoms with van der Waals surface area (Å²) in [4.78, 5) is 0. The first-order valence-electron chi connectivity index (χ1n) is 6.54. The standard InChI is InChI=1S/C15H19ClN2O2/c1-8(2)9(3)14-13(15(17)18-20-14)11-7-10(16)5-6-12(11)19-4/h5-9H,1-4H3,(H2,17,18). The van der Waals surface area contributed by atoms with Crippen LogP contribution < -0.4 is 10.5 Å². The number of methoxy groups -OCH3 is 1. The normalized spacial score (nSPS) is 12.7. The van der Waals surface area contributed by atoms with Crippen molar-refractivity contribution in [3.05, 3.63) is 29.0 Å². The van der Waals surface area contributed by atoms with Gasteiger partial charge < -0.3 is 15.0 Å². The molecule has 1 unspecified atom stereocenters. The molecule has 2 aromatic rings.